The van der Waals surface area contributed by atoms with Crippen LogP contribution in [-0.2, 0) is 0 Å². The van der Waals surface area contributed by atoms with Gasteiger partial charge in [-0.3, -0.25) is 0 Å². The SMILES string of the molecule is COc1ccc(-c2cc3cc4ccccc4cc3c(-c3ccc(OC)cc3)c2-c2ccc(OC)cc2)cc1. The molecule has 0 aliphatic carbocycles. The molecular weight excluding hydrogens is 468 g/mol. The number of rotatable bonds is 6. The van der Waals surface area contributed by atoms with Crippen LogP contribution in [0.2, 0.25) is 0 Å². The van der Waals surface area contributed by atoms with Gasteiger partial charge in [-0.1, -0.05) is 60.7 Å². The highest BCUT2D eigenvalue weighted by Gasteiger charge is 2.19. The van der Waals surface area contributed by atoms with Crippen molar-refractivity contribution in [3.8, 4) is 50.6 Å². The van der Waals surface area contributed by atoms with E-state index in [9.17, 15) is 0 Å². The van der Waals surface area contributed by atoms with Crippen LogP contribution >= 0.6 is 0 Å². The minimum atomic E-state index is 0.831. The van der Waals surface area contributed by atoms with E-state index in [1.54, 1.807) is 21.3 Å². The number of fused-ring (bicyclic) bond motifs is 2. The molecule has 38 heavy (non-hydrogen) atoms. The summed E-state index contributed by atoms with van der Waals surface area (Å²) in [7, 11) is 5.09. The Morgan fingerprint density at radius 2 is 0.842 bits per heavy atom. The molecule has 6 aromatic carbocycles. The van der Waals surface area contributed by atoms with Gasteiger partial charge >= 0.3 is 0 Å². The van der Waals surface area contributed by atoms with Crippen molar-refractivity contribution in [2.75, 3.05) is 21.3 Å². The molecule has 0 atom stereocenters. The predicted molar refractivity (Wildman–Crippen MR) is 157 cm³/mol. The van der Waals surface area contributed by atoms with Crippen molar-refractivity contribution in [2.24, 2.45) is 0 Å². The Kier molecular flexibility index (Phi) is 6.19. The van der Waals surface area contributed by atoms with Crippen LogP contribution in [0.15, 0.2) is 115 Å². The summed E-state index contributed by atoms with van der Waals surface area (Å²) in [5.41, 5.74) is 6.90. The van der Waals surface area contributed by atoms with Gasteiger partial charge in [0.2, 0.25) is 0 Å². The molecule has 0 saturated carbocycles. The van der Waals surface area contributed by atoms with E-state index in [1.807, 2.05) is 36.4 Å². The average molecular weight is 497 g/mol. The lowest BCUT2D eigenvalue weighted by atomic mass is 9.83. The van der Waals surface area contributed by atoms with Crippen molar-refractivity contribution in [3.63, 3.8) is 0 Å². The first-order chi connectivity index (χ1) is 18.7. The summed E-state index contributed by atoms with van der Waals surface area (Å²) in [6.45, 7) is 0. The van der Waals surface area contributed by atoms with E-state index in [-0.39, 0.29) is 0 Å². The zero-order valence-corrected chi connectivity index (χ0v) is 21.7. The molecular formula is C35H28O3. The Balaban J connectivity index is 1.75. The normalized spacial score (nSPS) is 11.0. The summed E-state index contributed by atoms with van der Waals surface area (Å²) in [6, 6.07) is 40.4. The van der Waals surface area contributed by atoms with Gasteiger partial charge in [-0.25, -0.2) is 0 Å². The molecule has 0 radical (unpaired) electrons. The molecule has 0 N–H and O–H groups in total. The van der Waals surface area contributed by atoms with Crippen molar-refractivity contribution >= 4 is 21.5 Å². The van der Waals surface area contributed by atoms with Crippen molar-refractivity contribution in [2.45, 2.75) is 0 Å². The van der Waals surface area contributed by atoms with E-state index in [0.29, 0.717) is 0 Å². The third-order valence-corrected chi connectivity index (χ3v) is 7.16. The standard InChI is InChI=1S/C35H28O3/c1-36-29-14-8-23(9-15-29)32-22-28-20-26-6-4-5-7-27(26)21-33(28)35(25-12-18-31(38-3)19-13-25)34(32)24-10-16-30(37-2)17-11-24/h4-22H,1-3H3. The first kappa shape index (κ1) is 23.6. The zero-order chi connectivity index (χ0) is 26.1. The molecule has 0 aromatic heterocycles. The smallest absolute Gasteiger partial charge is 0.118 e. The molecule has 0 bridgehead atoms. The van der Waals surface area contributed by atoms with Crippen LogP contribution in [0.25, 0.3) is 54.9 Å². The highest BCUT2D eigenvalue weighted by atomic mass is 16.5. The van der Waals surface area contributed by atoms with Crippen LogP contribution in [0.1, 0.15) is 0 Å². The van der Waals surface area contributed by atoms with Gasteiger partial charge in [0.1, 0.15) is 17.2 Å². The zero-order valence-electron chi connectivity index (χ0n) is 21.7. The maximum atomic E-state index is 5.48. The van der Waals surface area contributed by atoms with Crippen molar-refractivity contribution < 1.29 is 14.2 Å². The molecule has 0 saturated heterocycles. The number of benzene rings is 6. The molecule has 0 amide bonds. The minimum Gasteiger partial charge on any atom is -0.497 e. The Morgan fingerprint density at radius 1 is 0.395 bits per heavy atom. The van der Waals surface area contributed by atoms with Gasteiger partial charge in [-0.2, -0.15) is 0 Å². The van der Waals surface area contributed by atoms with Gasteiger partial charge in [0, 0.05) is 0 Å². The molecule has 6 aromatic rings. The van der Waals surface area contributed by atoms with Crippen LogP contribution in [0, 0.1) is 0 Å². The molecule has 0 heterocycles. The van der Waals surface area contributed by atoms with E-state index in [1.165, 1.54) is 32.7 Å². The molecule has 3 heteroatoms. The quantitative estimate of drug-likeness (QED) is 0.215. The average Bonchev–Trinajstić information content (AvgIpc) is 2.99. The summed E-state index contributed by atoms with van der Waals surface area (Å²) in [5, 5.41) is 4.83. The van der Waals surface area contributed by atoms with Crippen LogP contribution < -0.4 is 14.2 Å². The van der Waals surface area contributed by atoms with E-state index in [0.717, 1.165) is 39.5 Å². The first-order valence-electron chi connectivity index (χ1n) is 12.6. The van der Waals surface area contributed by atoms with Crippen LogP contribution in [0.5, 0.6) is 17.2 Å². The second-order valence-electron chi connectivity index (χ2n) is 9.28. The van der Waals surface area contributed by atoms with Crippen molar-refractivity contribution in [1.82, 2.24) is 0 Å². The fourth-order valence-corrected chi connectivity index (χ4v) is 5.20. The third-order valence-electron chi connectivity index (χ3n) is 7.16. The number of ether oxygens (including phenoxy) is 3. The molecule has 6 rings (SSSR count). The van der Waals surface area contributed by atoms with Gasteiger partial charge in [-0.15, -0.1) is 0 Å². The highest BCUT2D eigenvalue weighted by Crippen LogP contribution is 2.46. The lowest BCUT2D eigenvalue weighted by Crippen LogP contribution is -1.94. The van der Waals surface area contributed by atoms with E-state index in [4.69, 9.17) is 14.2 Å². The predicted octanol–water partition coefficient (Wildman–Crippen LogP) is 9.02. The van der Waals surface area contributed by atoms with Crippen LogP contribution in [0.3, 0.4) is 0 Å². The summed E-state index contributed by atoms with van der Waals surface area (Å²) in [5.74, 6) is 2.50. The fourth-order valence-electron chi connectivity index (χ4n) is 5.20. The summed E-state index contributed by atoms with van der Waals surface area (Å²) in [6.07, 6.45) is 0. The fraction of sp³-hybridized carbons (Fsp3) is 0.0857. The molecule has 3 nitrogen and oxygen atoms in total. The van der Waals surface area contributed by atoms with Crippen molar-refractivity contribution in [3.05, 3.63) is 115 Å². The maximum absolute atomic E-state index is 5.48. The molecule has 0 fully saturated rings. The van der Waals surface area contributed by atoms with E-state index < -0.39 is 0 Å². The Morgan fingerprint density at radius 3 is 1.34 bits per heavy atom. The topological polar surface area (TPSA) is 27.7 Å². The number of methoxy groups -OCH3 is 3. The molecule has 0 aliphatic heterocycles. The molecule has 186 valence electrons. The van der Waals surface area contributed by atoms with Gasteiger partial charge in [0.15, 0.2) is 0 Å². The third kappa shape index (κ3) is 4.22. The van der Waals surface area contributed by atoms with Crippen molar-refractivity contribution in [1.29, 1.82) is 0 Å². The Hall–Kier alpha value is -4.76. The van der Waals surface area contributed by atoms with Gasteiger partial charge < -0.3 is 14.2 Å². The molecule has 0 aliphatic rings. The largest absolute Gasteiger partial charge is 0.497 e. The lowest BCUT2D eigenvalue weighted by molar-refractivity contribution is 0.414. The summed E-state index contributed by atoms with van der Waals surface area (Å²) >= 11 is 0. The Labute approximate surface area is 222 Å². The second kappa shape index (κ2) is 9.95. The number of hydrogen-bond donors (Lipinski definition) is 0. The first-order valence-corrected chi connectivity index (χ1v) is 12.6. The summed E-state index contributed by atoms with van der Waals surface area (Å²) in [4.78, 5) is 0. The van der Waals surface area contributed by atoms with E-state index in [2.05, 4.69) is 78.9 Å². The maximum Gasteiger partial charge on any atom is 0.118 e. The minimum absolute atomic E-state index is 0.831. The molecule has 0 unspecified atom stereocenters. The van der Waals surface area contributed by atoms with E-state index >= 15 is 0 Å². The Bertz CT molecular complexity index is 1730. The van der Waals surface area contributed by atoms with Gasteiger partial charge in [-0.05, 0) is 110 Å². The number of hydrogen-bond acceptors (Lipinski definition) is 3. The van der Waals surface area contributed by atoms with Gasteiger partial charge in [0.25, 0.3) is 0 Å². The highest BCUT2D eigenvalue weighted by molar-refractivity contribution is 6.13. The summed E-state index contributed by atoms with van der Waals surface area (Å²) < 4.78 is 16.4. The molecule has 0 spiro atoms. The second-order valence-corrected chi connectivity index (χ2v) is 9.28. The van der Waals surface area contributed by atoms with Crippen LogP contribution in [0.4, 0.5) is 0 Å². The lowest BCUT2D eigenvalue weighted by Gasteiger charge is -2.20. The van der Waals surface area contributed by atoms with Gasteiger partial charge in [0.05, 0.1) is 21.3 Å². The van der Waals surface area contributed by atoms with Crippen LogP contribution in [-0.4, -0.2) is 21.3 Å². The monoisotopic (exact) mass is 496 g/mol.